The molecule has 0 saturated carbocycles. The van der Waals surface area contributed by atoms with E-state index < -0.39 is 5.82 Å². The summed E-state index contributed by atoms with van der Waals surface area (Å²) < 4.78 is 15.6. The van der Waals surface area contributed by atoms with Crippen LogP contribution in [0.5, 0.6) is 0 Å². The molecule has 6 nitrogen and oxygen atoms in total. The Morgan fingerprint density at radius 3 is 2.47 bits per heavy atom. The maximum Gasteiger partial charge on any atom is 0.257 e. The number of amides is 1. The van der Waals surface area contributed by atoms with Crippen LogP contribution in [-0.4, -0.2) is 26.5 Å². The molecular formula is C25H28FN5O. The SMILES string of the molecule is CC(C)CCCC(C)NC(=O)c1c(N)n(-c2cccc(F)c2)c2nc3ccccc3nc12. The molecule has 0 radical (unpaired) electrons. The van der Waals surface area contributed by atoms with Gasteiger partial charge in [0, 0.05) is 6.04 Å². The first kappa shape index (κ1) is 21.7. The highest BCUT2D eigenvalue weighted by Crippen LogP contribution is 2.31. The predicted molar refractivity (Wildman–Crippen MR) is 126 cm³/mol. The van der Waals surface area contributed by atoms with E-state index in [0.29, 0.717) is 33.8 Å². The summed E-state index contributed by atoms with van der Waals surface area (Å²) in [7, 11) is 0. The number of halogens is 1. The number of nitrogen functional groups attached to an aromatic ring is 1. The number of para-hydroxylation sites is 2. The summed E-state index contributed by atoms with van der Waals surface area (Å²) in [5.74, 6) is 0.112. The van der Waals surface area contributed by atoms with Crippen LogP contribution in [0.4, 0.5) is 10.2 Å². The molecule has 166 valence electrons. The zero-order chi connectivity index (χ0) is 22.8. The molecule has 1 unspecified atom stereocenters. The van der Waals surface area contributed by atoms with Gasteiger partial charge in [-0.3, -0.25) is 9.36 Å². The summed E-state index contributed by atoms with van der Waals surface area (Å²) in [4.78, 5) is 22.7. The first-order chi connectivity index (χ1) is 15.3. The summed E-state index contributed by atoms with van der Waals surface area (Å²) in [6, 6.07) is 13.5. The number of nitrogens with one attached hydrogen (secondary N) is 1. The molecule has 0 fully saturated rings. The number of anilines is 1. The minimum Gasteiger partial charge on any atom is -0.384 e. The average Bonchev–Trinajstić information content (AvgIpc) is 3.02. The third-order valence-corrected chi connectivity index (χ3v) is 5.59. The standard InChI is InChI=1S/C25H28FN5O/c1-15(2)8-6-9-16(3)28-25(32)21-22-24(30-20-13-5-4-12-19(20)29-22)31(23(21)27)18-11-7-10-17(26)14-18/h4-5,7,10-16H,6,8-9,27H2,1-3H3,(H,28,32). The average molecular weight is 434 g/mol. The summed E-state index contributed by atoms with van der Waals surface area (Å²) >= 11 is 0. The number of nitrogens with zero attached hydrogens (tertiary/aromatic N) is 3. The Bertz CT molecular complexity index is 1280. The maximum absolute atomic E-state index is 14.0. The van der Waals surface area contributed by atoms with Gasteiger partial charge >= 0.3 is 0 Å². The van der Waals surface area contributed by atoms with E-state index in [1.54, 1.807) is 16.7 Å². The van der Waals surface area contributed by atoms with Gasteiger partial charge in [0.1, 0.15) is 22.7 Å². The molecule has 3 N–H and O–H groups in total. The van der Waals surface area contributed by atoms with Gasteiger partial charge in [-0.2, -0.15) is 0 Å². The van der Waals surface area contributed by atoms with E-state index in [-0.39, 0.29) is 23.3 Å². The number of carbonyl (C=O) groups is 1. The maximum atomic E-state index is 14.0. The lowest BCUT2D eigenvalue weighted by Gasteiger charge is -2.14. The molecule has 1 amide bonds. The molecule has 4 rings (SSSR count). The van der Waals surface area contributed by atoms with Crippen molar-refractivity contribution in [1.29, 1.82) is 0 Å². The summed E-state index contributed by atoms with van der Waals surface area (Å²) in [5, 5.41) is 3.05. The minimum atomic E-state index is -0.401. The highest BCUT2D eigenvalue weighted by Gasteiger charge is 2.25. The van der Waals surface area contributed by atoms with Gasteiger partial charge in [-0.05, 0) is 49.6 Å². The zero-order valence-corrected chi connectivity index (χ0v) is 18.6. The Hall–Kier alpha value is -3.48. The highest BCUT2D eigenvalue weighted by molar-refractivity contribution is 6.11. The highest BCUT2D eigenvalue weighted by atomic mass is 19.1. The van der Waals surface area contributed by atoms with Crippen molar-refractivity contribution < 1.29 is 9.18 Å². The van der Waals surface area contributed by atoms with Crippen LogP contribution in [-0.2, 0) is 0 Å². The minimum absolute atomic E-state index is 0.0124. The van der Waals surface area contributed by atoms with Crippen LogP contribution < -0.4 is 11.1 Å². The van der Waals surface area contributed by atoms with E-state index in [2.05, 4.69) is 19.2 Å². The van der Waals surface area contributed by atoms with Gasteiger partial charge in [-0.15, -0.1) is 0 Å². The number of nitrogens with two attached hydrogens (primary N) is 1. The molecule has 0 bridgehead atoms. The second-order valence-electron chi connectivity index (χ2n) is 8.66. The molecule has 2 aromatic heterocycles. The molecule has 0 spiro atoms. The summed E-state index contributed by atoms with van der Waals surface area (Å²) in [5.41, 5.74) is 9.38. The van der Waals surface area contributed by atoms with E-state index >= 15 is 0 Å². The van der Waals surface area contributed by atoms with E-state index in [1.165, 1.54) is 12.1 Å². The Kier molecular flexibility index (Phi) is 6.08. The van der Waals surface area contributed by atoms with Crippen molar-refractivity contribution in [1.82, 2.24) is 19.9 Å². The molecule has 2 heterocycles. The van der Waals surface area contributed by atoms with E-state index in [9.17, 15) is 9.18 Å². The lowest BCUT2D eigenvalue weighted by molar-refractivity contribution is 0.0940. The molecule has 0 saturated heterocycles. The van der Waals surface area contributed by atoms with Crippen LogP contribution in [0.3, 0.4) is 0 Å². The van der Waals surface area contributed by atoms with Crippen molar-refractivity contribution in [2.75, 3.05) is 5.73 Å². The first-order valence-electron chi connectivity index (χ1n) is 11.0. The quantitative estimate of drug-likeness (QED) is 0.417. The van der Waals surface area contributed by atoms with Gasteiger partial charge in [0.25, 0.3) is 5.91 Å². The number of benzene rings is 2. The molecule has 4 aromatic rings. The topological polar surface area (TPSA) is 85.8 Å². The number of fused-ring (bicyclic) bond motifs is 2. The Morgan fingerprint density at radius 2 is 1.78 bits per heavy atom. The Morgan fingerprint density at radius 1 is 1.06 bits per heavy atom. The van der Waals surface area contributed by atoms with Crippen molar-refractivity contribution in [3.05, 3.63) is 59.9 Å². The summed E-state index contributed by atoms with van der Waals surface area (Å²) in [6.07, 6.45) is 3.02. The first-order valence-corrected chi connectivity index (χ1v) is 11.0. The number of hydrogen-bond acceptors (Lipinski definition) is 4. The van der Waals surface area contributed by atoms with Crippen LogP contribution in [0, 0.1) is 11.7 Å². The van der Waals surface area contributed by atoms with Crippen LogP contribution in [0.1, 0.15) is 50.4 Å². The molecule has 1 atom stereocenters. The van der Waals surface area contributed by atoms with E-state index in [1.807, 2.05) is 31.2 Å². The molecule has 0 aliphatic carbocycles. The molecule has 0 aliphatic heterocycles. The number of rotatable bonds is 7. The molecule has 7 heteroatoms. The van der Waals surface area contributed by atoms with Crippen molar-refractivity contribution >= 4 is 33.9 Å². The number of carbonyl (C=O) groups excluding carboxylic acids is 1. The number of hydrogen-bond donors (Lipinski definition) is 2. The van der Waals surface area contributed by atoms with Crippen molar-refractivity contribution in [2.24, 2.45) is 5.92 Å². The van der Waals surface area contributed by atoms with Crippen molar-refractivity contribution in [3.8, 4) is 5.69 Å². The zero-order valence-electron chi connectivity index (χ0n) is 18.6. The smallest absolute Gasteiger partial charge is 0.257 e. The predicted octanol–water partition coefficient (Wildman–Crippen LogP) is 5.24. The lowest BCUT2D eigenvalue weighted by Crippen LogP contribution is -2.33. The van der Waals surface area contributed by atoms with Gasteiger partial charge < -0.3 is 11.1 Å². The van der Waals surface area contributed by atoms with Crippen LogP contribution >= 0.6 is 0 Å². The number of aromatic nitrogens is 3. The van der Waals surface area contributed by atoms with Crippen molar-refractivity contribution in [2.45, 2.75) is 46.1 Å². The summed E-state index contributed by atoms with van der Waals surface area (Å²) in [6.45, 7) is 6.36. The van der Waals surface area contributed by atoms with Gasteiger partial charge in [0.05, 0.1) is 16.7 Å². The molecular weight excluding hydrogens is 405 g/mol. The second kappa shape index (κ2) is 8.94. The third kappa shape index (κ3) is 4.28. The van der Waals surface area contributed by atoms with E-state index in [4.69, 9.17) is 15.7 Å². The monoisotopic (exact) mass is 433 g/mol. The van der Waals surface area contributed by atoms with Gasteiger partial charge in [0.15, 0.2) is 5.65 Å². The Labute approximate surface area is 186 Å². The Balaban J connectivity index is 1.80. The van der Waals surface area contributed by atoms with Crippen LogP contribution in [0.25, 0.3) is 27.9 Å². The lowest BCUT2D eigenvalue weighted by atomic mass is 10.0. The van der Waals surface area contributed by atoms with Gasteiger partial charge in [-0.1, -0.05) is 44.9 Å². The van der Waals surface area contributed by atoms with Gasteiger partial charge in [0.2, 0.25) is 0 Å². The van der Waals surface area contributed by atoms with Crippen molar-refractivity contribution in [3.63, 3.8) is 0 Å². The van der Waals surface area contributed by atoms with Gasteiger partial charge in [-0.25, -0.2) is 14.4 Å². The van der Waals surface area contributed by atoms with E-state index in [0.717, 1.165) is 19.3 Å². The second-order valence-corrected chi connectivity index (χ2v) is 8.66. The molecule has 32 heavy (non-hydrogen) atoms. The van der Waals surface area contributed by atoms with Crippen LogP contribution in [0.2, 0.25) is 0 Å². The fourth-order valence-corrected chi connectivity index (χ4v) is 3.96. The molecule has 2 aromatic carbocycles. The fraction of sp³-hybridized carbons (Fsp3) is 0.320. The largest absolute Gasteiger partial charge is 0.384 e. The normalized spacial score (nSPS) is 12.5. The third-order valence-electron chi connectivity index (χ3n) is 5.59. The fourth-order valence-electron chi connectivity index (χ4n) is 3.96. The van der Waals surface area contributed by atoms with Crippen LogP contribution in [0.15, 0.2) is 48.5 Å². The molecule has 0 aliphatic rings.